The molecule has 0 radical (unpaired) electrons. The summed E-state index contributed by atoms with van der Waals surface area (Å²) in [7, 11) is -3.56. The number of benzene rings is 2. The van der Waals surface area contributed by atoms with Crippen molar-refractivity contribution in [1.82, 2.24) is 0 Å². The zero-order valence-electron chi connectivity index (χ0n) is 17.8. The molecular formula is C24H32O3S2. The minimum atomic E-state index is -3.56. The van der Waals surface area contributed by atoms with E-state index in [0.29, 0.717) is 4.90 Å². The molecule has 1 N–H and O–H groups in total. The van der Waals surface area contributed by atoms with Crippen molar-refractivity contribution in [3.05, 3.63) is 53.6 Å². The molecule has 0 bridgehead atoms. The topological polar surface area (TPSA) is 54.4 Å². The van der Waals surface area contributed by atoms with E-state index < -0.39 is 15.1 Å². The van der Waals surface area contributed by atoms with Gasteiger partial charge < -0.3 is 5.11 Å². The lowest BCUT2D eigenvalue weighted by atomic mass is 9.69. The molecule has 0 aliphatic carbocycles. The molecule has 1 heterocycles. The van der Waals surface area contributed by atoms with Crippen LogP contribution in [0.4, 0.5) is 0 Å². The van der Waals surface area contributed by atoms with Crippen LogP contribution in [0.2, 0.25) is 0 Å². The highest BCUT2D eigenvalue weighted by Crippen LogP contribution is 2.53. The third kappa shape index (κ3) is 3.96. The standard InChI is InChI=1S/C24H32O3S2/c1-5-7-13-24(6-2)16-20(18-11-9-8-10-12-18)19-14-22(28-4)21(25)15-23(19)29(26,27)17(24)3/h8-12,14-15,17,20,25H,5-7,13,16H2,1-4H3. The van der Waals surface area contributed by atoms with Gasteiger partial charge in [-0.3, -0.25) is 0 Å². The fraction of sp³-hybridized carbons (Fsp3) is 0.500. The van der Waals surface area contributed by atoms with E-state index in [1.165, 1.54) is 17.8 Å². The van der Waals surface area contributed by atoms with Crippen LogP contribution in [-0.4, -0.2) is 25.0 Å². The van der Waals surface area contributed by atoms with Crippen LogP contribution in [0.5, 0.6) is 5.75 Å². The largest absolute Gasteiger partial charge is 0.507 e. The van der Waals surface area contributed by atoms with E-state index in [2.05, 4.69) is 26.0 Å². The Hall–Kier alpha value is -1.46. The summed E-state index contributed by atoms with van der Waals surface area (Å²) < 4.78 is 27.5. The van der Waals surface area contributed by atoms with Gasteiger partial charge in [-0.1, -0.05) is 57.0 Å². The molecule has 2 aromatic carbocycles. The Morgan fingerprint density at radius 3 is 2.45 bits per heavy atom. The summed E-state index contributed by atoms with van der Waals surface area (Å²) in [6.45, 7) is 6.17. The molecule has 0 amide bonds. The van der Waals surface area contributed by atoms with Crippen LogP contribution in [0.15, 0.2) is 52.3 Å². The van der Waals surface area contributed by atoms with Crippen molar-refractivity contribution in [1.29, 1.82) is 0 Å². The van der Waals surface area contributed by atoms with Gasteiger partial charge >= 0.3 is 0 Å². The summed E-state index contributed by atoms with van der Waals surface area (Å²) in [4.78, 5) is 1.03. The first-order chi connectivity index (χ1) is 13.8. The van der Waals surface area contributed by atoms with Crippen LogP contribution >= 0.6 is 11.8 Å². The number of sulfone groups is 1. The lowest BCUT2D eigenvalue weighted by molar-refractivity contribution is 0.208. The molecule has 158 valence electrons. The molecule has 0 aromatic heterocycles. The number of thioether (sulfide) groups is 1. The molecule has 0 saturated heterocycles. The Bertz CT molecular complexity index is 954. The first-order valence-corrected chi connectivity index (χ1v) is 13.3. The van der Waals surface area contributed by atoms with Gasteiger partial charge in [-0.15, -0.1) is 11.8 Å². The highest BCUT2D eigenvalue weighted by molar-refractivity contribution is 7.98. The second kappa shape index (κ2) is 8.73. The van der Waals surface area contributed by atoms with Crippen molar-refractivity contribution in [2.45, 2.75) is 73.8 Å². The molecule has 1 aliphatic rings. The molecule has 0 saturated carbocycles. The third-order valence-corrected chi connectivity index (χ3v) is 10.0. The van der Waals surface area contributed by atoms with E-state index in [-0.39, 0.29) is 17.1 Å². The molecule has 3 rings (SSSR count). The number of unbranched alkanes of at least 4 members (excludes halogenated alkanes) is 1. The fourth-order valence-corrected chi connectivity index (χ4v) is 7.61. The summed E-state index contributed by atoms with van der Waals surface area (Å²) >= 11 is 1.45. The molecule has 3 atom stereocenters. The summed E-state index contributed by atoms with van der Waals surface area (Å²) in [5.74, 6) is 0.0469. The number of phenols is 1. The maximum Gasteiger partial charge on any atom is 0.181 e. The summed E-state index contributed by atoms with van der Waals surface area (Å²) in [6.07, 6.45) is 6.51. The smallest absolute Gasteiger partial charge is 0.181 e. The number of hydrogen-bond donors (Lipinski definition) is 1. The Morgan fingerprint density at radius 2 is 1.86 bits per heavy atom. The maximum absolute atomic E-state index is 13.8. The van der Waals surface area contributed by atoms with Crippen molar-refractivity contribution in [2.24, 2.45) is 5.41 Å². The first kappa shape index (κ1) is 22.2. The minimum Gasteiger partial charge on any atom is -0.507 e. The van der Waals surface area contributed by atoms with Crippen molar-refractivity contribution in [3.8, 4) is 5.75 Å². The minimum absolute atomic E-state index is 0.00534. The first-order valence-electron chi connectivity index (χ1n) is 10.5. The number of phenolic OH excluding ortho intramolecular Hbond substituents is 1. The highest BCUT2D eigenvalue weighted by Gasteiger charge is 2.48. The van der Waals surface area contributed by atoms with Gasteiger partial charge in [0.25, 0.3) is 0 Å². The van der Waals surface area contributed by atoms with Crippen LogP contribution in [0.1, 0.15) is 69.9 Å². The van der Waals surface area contributed by atoms with Crippen LogP contribution < -0.4 is 0 Å². The second-order valence-corrected chi connectivity index (χ2v) is 11.3. The van der Waals surface area contributed by atoms with Gasteiger partial charge in [0.05, 0.1) is 10.1 Å². The second-order valence-electron chi connectivity index (χ2n) is 8.24. The molecular weight excluding hydrogens is 400 g/mol. The van der Waals surface area contributed by atoms with Crippen LogP contribution in [0.3, 0.4) is 0 Å². The average Bonchev–Trinajstić information content (AvgIpc) is 2.80. The number of hydrogen-bond acceptors (Lipinski definition) is 4. The van der Waals surface area contributed by atoms with E-state index in [4.69, 9.17) is 0 Å². The zero-order valence-corrected chi connectivity index (χ0v) is 19.4. The Labute approximate surface area is 179 Å². The predicted octanol–water partition coefficient (Wildman–Crippen LogP) is 6.40. The van der Waals surface area contributed by atoms with Crippen LogP contribution in [0.25, 0.3) is 0 Å². The zero-order chi connectivity index (χ0) is 21.2. The molecule has 3 unspecified atom stereocenters. The summed E-state index contributed by atoms with van der Waals surface area (Å²) in [6, 6.07) is 13.6. The van der Waals surface area contributed by atoms with Gasteiger partial charge in [-0.2, -0.15) is 0 Å². The lowest BCUT2D eigenvalue weighted by Crippen LogP contribution is -2.38. The molecule has 29 heavy (non-hydrogen) atoms. The van der Waals surface area contributed by atoms with Crippen LogP contribution in [0, 0.1) is 5.41 Å². The Morgan fingerprint density at radius 1 is 1.17 bits per heavy atom. The van der Waals surface area contributed by atoms with Gasteiger partial charge in [-0.25, -0.2) is 8.42 Å². The average molecular weight is 433 g/mol. The van der Waals surface area contributed by atoms with E-state index >= 15 is 0 Å². The van der Waals surface area contributed by atoms with E-state index in [1.54, 1.807) is 0 Å². The molecule has 5 heteroatoms. The quantitative estimate of drug-likeness (QED) is 0.537. The molecule has 2 aromatic rings. The maximum atomic E-state index is 13.8. The van der Waals surface area contributed by atoms with Gasteiger partial charge in [0.15, 0.2) is 9.84 Å². The van der Waals surface area contributed by atoms with Crippen molar-refractivity contribution in [3.63, 3.8) is 0 Å². The number of aromatic hydroxyl groups is 1. The van der Waals surface area contributed by atoms with Gasteiger partial charge in [-0.05, 0) is 61.1 Å². The van der Waals surface area contributed by atoms with Gasteiger partial charge in [0.2, 0.25) is 0 Å². The van der Waals surface area contributed by atoms with Crippen molar-refractivity contribution >= 4 is 21.6 Å². The molecule has 1 aliphatic heterocycles. The van der Waals surface area contributed by atoms with Gasteiger partial charge in [0, 0.05) is 10.8 Å². The fourth-order valence-electron chi connectivity index (χ4n) is 4.87. The van der Waals surface area contributed by atoms with E-state index in [1.807, 2.05) is 37.4 Å². The monoisotopic (exact) mass is 432 g/mol. The summed E-state index contributed by atoms with van der Waals surface area (Å²) in [5, 5.41) is 9.99. The van der Waals surface area contributed by atoms with Gasteiger partial charge in [0.1, 0.15) is 5.75 Å². The molecule has 0 spiro atoms. The Kier molecular flexibility index (Phi) is 6.69. The third-order valence-electron chi connectivity index (χ3n) is 6.87. The number of fused-ring (bicyclic) bond motifs is 1. The van der Waals surface area contributed by atoms with Crippen LogP contribution in [-0.2, 0) is 9.84 Å². The van der Waals surface area contributed by atoms with E-state index in [9.17, 15) is 13.5 Å². The van der Waals surface area contributed by atoms with E-state index in [0.717, 1.165) is 48.1 Å². The number of rotatable bonds is 6. The molecule has 3 nitrogen and oxygen atoms in total. The van der Waals surface area contributed by atoms with Crippen molar-refractivity contribution in [2.75, 3.05) is 6.26 Å². The normalized spacial score (nSPS) is 25.9. The lowest BCUT2D eigenvalue weighted by Gasteiger charge is -2.38. The summed E-state index contributed by atoms with van der Waals surface area (Å²) in [5.41, 5.74) is 1.69. The Balaban J connectivity index is 2.31. The van der Waals surface area contributed by atoms with Crippen molar-refractivity contribution < 1.29 is 13.5 Å². The predicted molar refractivity (Wildman–Crippen MR) is 122 cm³/mol. The highest BCUT2D eigenvalue weighted by atomic mass is 32.2. The molecule has 0 fully saturated rings. The SMILES string of the molecule is CCCCC1(CC)CC(c2ccccc2)c2cc(SC)c(O)cc2S(=O)(=O)C1C.